The highest BCUT2D eigenvalue weighted by Crippen LogP contribution is 2.43. The van der Waals surface area contributed by atoms with Crippen molar-refractivity contribution in [1.29, 1.82) is 0 Å². The van der Waals surface area contributed by atoms with Crippen molar-refractivity contribution in [3.63, 3.8) is 0 Å². The second-order valence-electron chi connectivity index (χ2n) is 13.3. The zero-order valence-corrected chi connectivity index (χ0v) is 31.3. The Bertz CT molecular complexity index is 771. The Morgan fingerprint density at radius 1 is 0.723 bits per heavy atom. The average molecular weight is 691 g/mol. The van der Waals surface area contributed by atoms with Crippen LogP contribution < -0.4 is 11.1 Å². The number of carbonyl (C=O) groups excluding carboxylic acids is 1. The highest BCUT2D eigenvalue weighted by molar-refractivity contribution is 7.47. The summed E-state index contributed by atoms with van der Waals surface area (Å²) in [7, 11) is -4.39. The van der Waals surface area contributed by atoms with Gasteiger partial charge in [-0.3, -0.25) is 13.8 Å². The number of amides is 1. The van der Waals surface area contributed by atoms with Gasteiger partial charge >= 0.3 is 7.82 Å². The molecule has 4 unspecified atom stereocenters. The monoisotopic (exact) mass is 691 g/mol. The van der Waals surface area contributed by atoms with Gasteiger partial charge in [-0.05, 0) is 19.3 Å². The summed E-state index contributed by atoms with van der Waals surface area (Å²) in [6, 6.07) is -0.975. The van der Waals surface area contributed by atoms with Crippen molar-refractivity contribution in [1.82, 2.24) is 5.32 Å². The first-order valence-corrected chi connectivity index (χ1v) is 20.9. The number of aliphatic hydroxyl groups is 2. The van der Waals surface area contributed by atoms with Gasteiger partial charge in [-0.2, -0.15) is 0 Å². The Morgan fingerprint density at radius 3 is 1.64 bits per heavy atom. The van der Waals surface area contributed by atoms with Crippen LogP contribution in [0.3, 0.4) is 0 Å². The normalized spacial score (nSPS) is 15.1. The summed E-state index contributed by atoms with van der Waals surface area (Å²) in [6.45, 7) is 3.95. The van der Waals surface area contributed by atoms with Crippen LogP contribution in [-0.4, -0.2) is 59.0 Å². The Kier molecular flexibility index (Phi) is 33.1. The molecule has 0 aliphatic carbocycles. The van der Waals surface area contributed by atoms with Gasteiger partial charge in [-0.15, -0.1) is 0 Å². The number of phosphoric ester groups is 1. The SMILES string of the molecule is CCCCCCCCCCCC/C=C/C(O)C(COP(=O)(O)OCCN)NC(=O)CC(O)CCCCCCCCCCCCCCC. The molecule has 0 aromatic rings. The van der Waals surface area contributed by atoms with Gasteiger partial charge in [0.1, 0.15) is 0 Å². The Morgan fingerprint density at radius 2 is 1.17 bits per heavy atom. The molecule has 0 rings (SSSR count). The summed E-state index contributed by atoms with van der Waals surface area (Å²) in [5.41, 5.74) is 5.34. The van der Waals surface area contributed by atoms with Crippen LogP contribution in [0.25, 0.3) is 0 Å². The van der Waals surface area contributed by atoms with Crippen LogP contribution in [0.5, 0.6) is 0 Å². The topological polar surface area (TPSA) is 151 Å². The quantitative estimate of drug-likeness (QED) is 0.0248. The molecule has 10 heteroatoms. The third-order valence-electron chi connectivity index (χ3n) is 8.67. The molecule has 9 nitrogen and oxygen atoms in total. The number of phosphoric acid groups is 1. The van der Waals surface area contributed by atoms with E-state index in [9.17, 15) is 24.5 Å². The second kappa shape index (κ2) is 33.7. The van der Waals surface area contributed by atoms with Crippen molar-refractivity contribution in [3.8, 4) is 0 Å². The van der Waals surface area contributed by atoms with Crippen LogP contribution in [-0.2, 0) is 18.4 Å². The number of hydrogen-bond donors (Lipinski definition) is 5. The van der Waals surface area contributed by atoms with E-state index < -0.39 is 38.6 Å². The minimum atomic E-state index is -4.39. The lowest BCUT2D eigenvalue weighted by atomic mass is 10.0. The van der Waals surface area contributed by atoms with E-state index in [0.717, 1.165) is 38.5 Å². The summed E-state index contributed by atoms with van der Waals surface area (Å²) in [6.07, 6.45) is 31.5. The molecule has 0 aliphatic heterocycles. The standard InChI is InChI=1S/C37H75N2O7P/c1-3-5-7-9-11-13-15-17-18-20-22-24-26-28-34(40)32-37(42)39-35(33-46-47(43,44)45-31-30-38)36(41)29-27-25-23-21-19-16-14-12-10-8-6-4-2/h27,29,34-36,40-41H,3-26,28,30-33,38H2,1-2H3,(H,39,42)(H,43,44)/b29-27+. The lowest BCUT2D eigenvalue weighted by Crippen LogP contribution is -2.46. The van der Waals surface area contributed by atoms with Crippen LogP contribution in [0, 0.1) is 0 Å². The lowest BCUT2D eigenvalue weighted by molar-refractivity contribution is -0.124. The molecule has 0 fully saturated rings. The van der Waals surface area contributed by atoms with Gasteiger partial charge in [0.05, 0.1) is 37.9 Å². The molecule has 0 saturated carbocycles. The number of unbranched alkanes of at least 4 members (excludes halogenated alkanes) is 22. The summed E-state index contributed by atoms with van der Waals surface area (Å²) < 4.78 is 22.0. The Hall–Kier alpha value is -0.800. The summed E-state index contributed by atoms with van der Waals surface area (Å²) in [5, 5.41) is 23.9. The Balaban J connectivity index is 4.40. The predicted octanol–water partition coefficient (Wildman–Crippen LogP) is 9.02. The molecule has 0 aromatic carbocycles. The summed E-state index contributed by atoms with van der Waals surface area (Å²) >= 11 is 0. The van der Waals surface area contributed by atoms with Crippen LogP contribution >= 0.6 is 7.82 Å². The molecule has 280 valence electrons. The van der Waals surface area contributed by atoms with Crippen molar-refractivity contribution in [3.05, 3.63) is 12.2 Å². The largest absolute Gasteiger partial charge is 0.472 e. The van der Waals surface area contributed by atoms with Crippen LogP contribution in [0.15, 0.2) is 12.2 Å². The van der Waals surface area contributed by atoms with Gasteiger partial charge in [0.15, 0.2) is 0 Å². The van der Waals surface area contributed by atoms with Crippen molar-refractivity contribution in [2.24, 2.45) is 5.73 Å². The molecule has 1 amide bonds. The van der Waals surface area contributed by atoms with E-state index >= 15 is 0 Å². The fraction of sp³-hybridized carbons (Fsp3) is 0.919. The maximum atomic E-state index is 12.7. The average Bonchev–Trinajstić information content (AvgIpc) is 3.04. The number of carbonyl (C=O) groups is 1. The summed E-state index contributed by atoms with van der Waals surface area (Å²) in [5.74, 6) is -0.446. The minimum Gasteiger partial charge on any atom is -0.393 e. The molecule has 0 aromatic heterocycles. The molecule has 47 heavy (non-hydrogen) atoms. The van der Waals surface area contributed by atoms with E-state index in [4.69, 9.17) is 14.8 Å². The highest BCUT2D eigenvalue weighted by Gasteiger charge is 2.27. The van der Waals surface area contributed by atoms with Gasteiger partial charge in [-0.1, -0.05) is 167 Å². The third-order valence-corrected chi connectivity index (χ3v) is 9.65. The first-order valence-electron chi connectivity index (χ1n) is 19.4. The van der Waals surface area contributed by atoms with Crippen molar-refractivity contribution in [2.45, 2.75) is 199 Å². The number of nitrogens with one attached hydrogen (secondary N) is 1. The number of rotatable bonds is 36. The zero-order chi connectivity index (χ0) is 34.9. The fourth-order valence-corrected chi connectivity index (χ4v) is 6.46. The fourth-order valence-electron chi connectivity index (χ4n) is 5.70. The van der Waals surface area contributed by atoms with Gasteiger partial charge in [0.25, 0.3) is 0 Å². The van der Waals surface area contributed by atoms with E-state index in [1.807, 2.05) is 6.08 Å². The minimum absolute atomic E-state index is 0.0511. The maximum absolute atomic E-state index is 12.7. The van der Waals surface area contributed by atoms with Crippen molar-refractivity contribution < 1.29 is 33.5 Å². The van der Waals surface area contributed by atoms with E-state index in [2.05, 4.69) is 19.2 Å². The van der Waals surface area contributed by atoms with E-state index in [1.165, 1.54) is 116 Å². The van der Waals surface area contributed by atoms with E-state index in [1.54, 1.807) is 6.08 Å². The smallest absolute Gasteiger partial charge is 0.393 e. The highest BCUT2D eigenvalue weighted by atomic mass is 31.2. The molecule has 4 atom stereocenters. The van der Waals surface area contributed by atoms with Gasteiger partial charge in [0, 0.05) is 6.54 Å². The molecule has 0 heterocycles. The molecule has 0 spiro atoms. The van der Waals surface area contributed by atoms with E-state index in [-0.39, 0.29) is 19.6 Å². The molecule has 0 saturated heterocycles. The number of nitrogens with two attached hydrogens (primary N) is 1. The van der Waals surface area contributed by atoms with Crippen LogP contribution in [0.4, 0.5) is 0 Å². The molecule has 0 aliphatic rings. The zero-order valence-electron chi connectivity index (χ0n) is 30.4. The van der Waals surface area contributed by atoms with Gasteiger partial charge in [0.2, 0.25) is 5.91 Å². The lowest BCUT2D eigenvalue weighted by Gasteiger charge is -2.24. The van der Waals surface area contributed by atoms with E-state index in [0.29, 0.717) is 6.42 Å². The molecule has 0 radical (unpaired) electrons. The predicted molar refractivity (Wildman–Crippen MR) is 195 cm³/mol. The van der Waals surface area contributed by atoms with Gasteiger partial charge in [-0.25, -0.2) is 4.57 Å². The second-order valence-corrected chi connectivity index (χ2v) is 14.8. The number of aliphatic hydroxyl groups excluding tert-OH is 2. The third kappa shape index (κ3) is 32.2. The molecular formula is C37H75N2O7P. The summed E-state index contributed by atoms with van der Waals surface area (Å²) in [4.78, 5) is 22.6. The van der Waals surface area contributed by atoms with Crippen molar-refractivity contribution >= 4 is 13.7 Å². The van der Waals surface area contributed by atoms with Crippen LogP contribution in [0.2, 0.25) is 0 Å². The van der Waals surface area contributed by atoms with Crippen molar-refractivity contribution in [2.75, 3.05) is 19.8 Å². The van der Waals surface area contributed by atoms with Gasteiger partial charge < -0.3 is 26.2 Å². The number of hydrogen-bond acceptors (Lipinski definition) is 7. The first-order chi connectivity index (χ1) is 22.8. The first kappa shape index (κ1) is 46.2. The Labute approximate surface area is 288 Å². The van der Waals surface area contributed by atoms with Crippen LogP contribution in [0.1, 0.15) is 181 Å². The molecule has 0 bridgehead atoms. The molecule has 6 N–H and O–H groups in total. The maximum Gasteiger partial charge on any atom is 0.472 e. The number of allylic oxidation sites excluding steroid dienone is 1. The molecular weight excluding hydrogens is 615 g/mol.